The molecule has 0 spiro atoms. The predicted molar refractivity (Wildman–Crippen MR) is 141 cm³/mol. The average molecular weight is 468 g/mol. The summed E-state index contributed by atoms with van der Waals surface area (Å²) < 4.78 is 5.92. The lowest BCUT2D eigenvalue weighted by atomic mass is 10.0. The summed E-state index contributed by atoms with van der Waals surface area (Å²) in [7, 11) is 0. The molecule has 0 aromatic rings. The highest BCUT2D eigenvalue weighted by atomic mass is 16.5. The van der Waals surface area contributed by atoms with Crippen molar-refractivity contribution in [3.05, 3.63) is 0 Å². The van der Waals surface area contributed by atoms with Gasteiger partial charge in [0, 0.05) is 19.9 Å². The fourth-order valence-electron chi connectivity index (χ4n) is 4.35. The van der Waals surface area contributed by atoms with E-state index in [1.54, 1.807) is 6.92 Å². The third kappa shape index (κ3) is 25.4. The molecule has 33 heavy (non-hydrogen) atoms. The molecule has 0 aliphatic carbocycles. The van der Waals surface area contributed by atoms with Crippen molar-refractivity contribution >= 4 is 11.9 Å². The number of nitrogens with one attached hydrogen (secondary N) is 1. The second-order valence-corrected chi connectivity index (χ2v) is 9.93. The highest BCUT2D eigenvalue weighted by Crippen LogP contribution is 2.18. The molecule has 0 aromatic heterocycles. The molecule has 0 aliphatic heterocycles. The van der Waals surface area contributed by atoms with Gasteiger partial charge in [0.25, 0.3) is 0 Å². The molecular formula is C29H57NO3. The Morgan fingerprint density at radius 2 is 1.03 bits per heavy atom. The Bertz CT molecular complexity index is 423. The zero-order valence-electron chi connectivity index (χ0n) is 22.6. The minimum absolute atomic E-state index is 0.0206. The molecular weight excluding hydrogens is 410 g/mol. The van der Waals surface area contributed by atoms with Gasteiger partial charge in [-0.1, -0.05) is 110 Å². The van der Waals surface area contributed by atoms with E-state index in [0.717, 1.165) is 38.6 Å². The maximum Gasteiger partial charge on any atom is 0.306 e. The smallest absolute Gasteiger partial charge is 0.306 e. The molecule has 196 valence electrons. The molecule has 0 atom stereocenters. The van der Waals surface area contributed by atoms with Crippen molar-refractivity contribution in [2.75, 3.05) is 6.54 Å². The molecule has 0 heterocycles. The standard InChI is InChI=1S/C29H57NO3/c1-4-6-8-10-15-19-23-28(24-20-16-11-9-7-5-2)33-29(32)25-21-17-13-12-14-18-22-26-30-27(3)31/h28H,4-26H2,1-3H3,(H,30,31). The zero-order valence-corrected chi connectivity index (χ0v) is 22.6. The third-order valence-electron chi connectivity index (χ3n) is 6.49. The van der Waals surface area contributed by atoms with Gasteiger partial charge in [0.2, 0.25) is 5.91 Å². The van der Waals surface area contributed by atoms with Crippen LogP contribution in [-0.2, 0) is 14.3 Å². The van der Waals surface area contributed by atoms with Gasteiger partial charge in [0.15, 0.2) is 0 Å². The van der Waals surface area contributed by atoms with E-state index in [2.05, 4.69) is 19.2 Å². The Kier molecular flexibility index (Phi) is 24.7. The van der Waals surface area contributed by atoms with Gasteiger partial charge in [-0.05, 0) is 38.5 Å². The lowest BCUT2D eigenvalue weighted by Crippen LogP contribution is -2.20. The van der Waals surface area contributed by atoms with Crippen molar-refractivity contribution in [1.82, 2.24) is 5.32 Å². The van der Waals surface area contributed by atoms with Gasteiger partial charge < -0.3 is 10.1 Å². The molecule has 0 rings (SSSR count). The Hall–Kier alpha value is -1.06. The van der Waals surface area contributed by atoms with Crippen molar-refractivity contribution in [3.8, 4) is 0 Å². The van der Waals surface area contributed by atoms with E-state index in [1.165, 1.54) is 103 Å². The molecule has 0 saturated heterocycles. The van der Waals surface area contributed by atoms with Gasteiger partial charge in [-0.25, -0.2) is 0 Å². The van der Waals surface area contributed by atoms with Crippen LogP contribution in [0.3, 0.4) is 0 Å². The van der Waals surface area contributed by atoms with Crippen molar-refractivity contribution < 1.29 is 14.3 Å². The number of unbranched alkanes of at least 4 members (excludes halogenated alkanes) is 16. The van der Waals surface area contributed by atoms with Crippen molar-refractivity contribution in [2.24, 2.45) is 0 Å². The summed E-state index contributed by atoms with van der Waals surface area (Å²) in [5.74, 6) is 0.0790. The van der Waals surface area contributed by atoms with Crippen molar-refractivity contribution in [1.29, 1.82) is 0 Å². The first-order valence-electron chi connectivity index (χ1n) is 14.5. The first kappa shape index (κ1) is 31.9. The van der Waals surface area contributed by atoms with E-state index in [-0.39, 0.29) is 18.0 Å². The normalized spacial score (nSPS) is 11.2. The van der Waals surface area contributed by atoms with Crippen LogP contribution in [0.5, 0.6) is 0 Å². The van der Waals surface area contributed by atoms with Gasteiger partial charge >= 0.3 is 5.97 Å². The Balaban J connectivity index is 3.92. The van der Waals surface area contributed by atoms with E-state index < -0.39 is 0 Å². The van der Waals surface area contributed by atoms with Gasteiger partial charge in [0.1, 0.15) is 6.10 Å². The topological polar surface area (TPSA) is 55.4 Å². The molecule has 0 unspecified atom stereocenters. The van der Waals surface area contributed by atoms with Crippen LogP contribution in [0.1, 0.15) is 162 Å². The number of esters is 1. The van der Waals surface area contributed by atoms with Crippen LogP contribution in [0, 0.1) is 0 Å². The number of carbonyl (C=O) groups is 2. The van der Waals surface area contributed by atoms with Crippen LogP contribution >= 0.6 is 0 Å². The maximum atomic E-state index is 12.4. The molecule has 1 amide bonds. The second-order valence-electron chi connectivity index (χ2n) is 9.93. The quantitative estimate of drug-likeness (QED) is 0.108. The first-order chi connectivity index (χ1) is 16.1. The molecule has 0 radical (unpaired) electrons. The molecule has 0 aliphatic rings. The number of hydrogen-bond donors (Lipinski definition) is 1. The van der Waals surface area contributed by atoms with Crippen LogP contribution in [0.25, 0.3) is 0 Å². The summed E-state index contributed by atoms with van der Waals surface area (Å²) in [5, 5.41) is 2.84. The van der Waals surface area contributed by atoms with Gasteiger partial charge in [-0.3, -0.25) is 9.59 Å². The summed E-state index contributed by atoms with van der Waals surface area (Å²) in [4.78, 5) is 23.2. The third-order valence-corrected chi connectivity index (χ3v) is 6.49. The van der Waals surface area contributed by atoms with E-state index in [1.807, 2.05) is 0 Å². The number of ether oxygens (including phenoxy) is 1. The van der Waals surface area contributed by atoms with Crippen LogP contribution in [0.15, 0.2) is 0 Å². The summed E-state index contributed by atoms with van der Waals surface area (Å²) in [6.45, 7) is 6.87. The first-order valence-corrected chi connectivity index (χ1v) is 14.5. The Morgan fingerprint density at radius 1 is 0.606 bits per heavy atom. The molecule has 0 bridgehead atoms. The molecule has 4 nitrogen and oxygen atoms in total. The fraction of sp³-hybridized carbons (Fsp3) is 0.931. The lowest BCUT2D eigenvalue weighted by molar-refractivity contribution is -0.150. The summed E-state index contributed by atoms with van der Waals surface area (Å²) in [6.07, 6.45) is 26.2. The van der Waals surface area contributed by atoms with Crippen LogP contribution in [0.4, 0.5) is 0 Å². The average Bonchev–Trinajstić information content (AvgIpc) is 2.79. The molecule has 0 saturated carbocycles. The number of hydrogen-bond acceptors (Lipinski definition) is 3. The molecule has 0 aromatic carbocycles. The van der Waals surface area contributed by atoms with Crippen LogP contribution in [0.2, 0.25) is 0 Å². The minimum Gasteiger partial charge on any atom is -0.462 e. The molecule has 4 heteroatoms. The van der Waals surface area contributed by atoms with Crippen LogP contribution < -0.4 is 5.32 Å². The summed E-state index contributed by atoms with van der Waals surface area (Å²) in [6, 6.07) is 0. The van der Waals surface area contributed by atoms with E-state index in [0.29, 0.717) is 6.42 Å². The van der Waals surface area contributed by atoms with Crippen molar-refractivity contribution in [2.45, 2.75) is 168 Å². The molecule has 1 N–H and O–H groups in total. The highest BCUT2D eigenvalue weighted by Gasteiger charge is 2.14. The Labute approximate surface area is 206 Å². The number of amides is 1. The largest absolute Gasteiger partial charge is 0.462 e. The van der Waals surface area contributed by atoms with E-state index in [4.69, 9.17) is 4.74 Å². The van der Waals surface area contributed by atoms with Gasteiger partial charge in [0.05, 0.1) is 0 Å². The van der Waals surface area contributed by atoms with E-state index >= 15 is 0 Å². The predicted octanol–water partition coefficient (Wildman–Crippen LogP) is 8.66. The fourth-order valence-corrected chi connectivity index (χ4v) is 4.35. The van der Waals surface area contributed by atoms with E-state index in [9.17, 15) is 9.59 Å². The minimum atomic E-state index is 0.0206. The maximum absolute atomic E-state index is 12.4. The summed E-state index contributed by atoms with van der Waals surface area (Å²) in [5.41, 5.74) is 0. The number of carbonyl (C=O) groups excluding carboxylic acids is 2. The zero-order chi connectivity index (χ0) is 24.4. The highest BCUT2D eigenvalue weighted by molar-refractivity contribution is 5.72. The second kappa shape index (κ2) is 25.6. The lowest BCUT2D eigenvalue weighted by Gasteiger charge is -2.18. The number of rotatable bonds is 25. The Morgan fingerprint density at radius 3 is 1.52 bits per heavy atom. The van der Waals surface area contributed by atoms with Gasteiger partial charge in [-0.2, -0.15) is 0 Å². The van der Waals surface area contributed by atoms with Gasteiger partial charge in [-0.15, -0.1) is 0 Å². The van der Waals surface area contributed by atoms with Crippen LogP contribution in [-0.4, -0.2) is 24.5 Å². The monoisotopic (exact) mass is 467 g/mol. The summed E-state index contributed by atoms with van der Waals surface area (Å²) >= 11 is 0. The van der Waals surface area contributed by atoms with Crippen molar-refractivity contribution in [3.63, 3.8) is 0 Å². The molecule has 0 fully saturated rings. The SMILES string of the molecule is CCCCCCCCC(CCCCCCCC)OC(=O)CCCCCCCCCNC(C)=O.